The van der Waals surface area contributed by atoms with Gasteiger partial charge in [0.05, 0.1) is 18.7 Å². The maximum Gasteiger partial charge on any atom is 0.305 e. The minimum Gasteiger partial charge on any atom is -0.481 e. The number of carboxylic acids is 1. The van der Waals surface area contributed by atoms with Gasteiger partial charge in [0, 0.05) is 31.6 Å². The second-order valence-corrected chi connectivity index (χ2v) is 12.4. The van der Waals surface area contributed by atoms with Gasteiger partial charge < -0.3 is 20.1 Å². The highest BCUT2D eigenvalue weighted by atomic mass is 35.5. The molecule has 2 heterocycles. The maximum atomic E-state index is 13.4. The van der Waals surface area contributed by atoms with Crippen LogP contribution in [0.1, 0.15) is 52.0 Å². The third kappa shape index (κ3) is 7.33. The van der Waals surface area contributed by atoms with E-state index in [1.165, 1.54) is 17.9 Å². The van der Waals surface area contributed by atoms with Crippen molar-refractivity contribution >= 4 is 45.2 Å². The van der Waals surface area contributed by atoms with Crippen molar-refractivity contribution in [1.29, 1.82) is 0 Å². The molecule has 0 aliphatic carbocycles. The van der Waals surface area contributed by atoms with Crippen LogP contribution in [0.25, 0.3) is 0 Å². The number of aliphatic carboxylic acids is 1. The van der Waals surface area contributed by atoms with E-state index in [1.54, 1.807) is 6.07 Å². The Morgan fingerprint density at radius 3 is 2.56 bits per heavy atom. The summed E-state index contributed by atoms with van der Waals surface area (Å²) in [5.74, 6) is -1.95. The van der Waals surface area contributed by atoms with Crippen LogP contribution in [-0.2, 0) is 35.6 Å². The van der Waals surface area contributed by atoms with Gasteiger partial charge >= 0.3 is 11.9 Å². The van der Waals surface area contributed by atoms with Gasteiger partial charge in [-0.2, -0.15) is 4.72 Å². The smallest absolute Gasteiger partial charge is 0.305 e. The molecule has 2 aliphatic rings. The summed E-state index contributed by atoms with van der Waals surface area (Å²) < 4.78 is 34.1. The highest BCUT2D eigenvalue weighted by Gasteiger charge is 2.36. The first-order chi connectivity index (χ1) is 16.8. The molecule has 200 valence electrons. The highest BCUT2D eigenvalue weighted by molar-refractivity contribution is 7.89. The number of carbonyl (C=O) groups is 3. The molecule has 0 spiro atoms. The number of hydrogen-bond acceptors (Lipinski definition) is 7. The summed E-state index contributed by atoms with van der Waals surface area (Å²) in [5, 5.41) is 12.8. The fourth-order valence-corrected chi connectivity index (χ4v) is 6.48. The number of amides is 1. The van der Waals surface area contributed by atoms with Gasteiger partial charge in [-0.1, -0.05) is 25.4 Å². The van der Waals surface area contributed by atoms with E-state index >= 15 is 0 Å². The first-order valence-corrected chi connectivity index (χ1v) is 13.9. The lowest BCUT2D eigenvalue weighted by Gasteiger charge is -2.35. The van der Waals surface area contributed by atoms with Crippen molar-refractivity contribution < 1.29 is 32.6 Å². The van der Waals surface area contributed by atoms with Crippen LogP contribution < -0.4 is 10.0 Å². The fourth-order valence-electron chi connectivity index (χ4n) is 4.73. The molecule has 36 heavy (non-hydrogen) atoms. The van der Waals surface area contributed by atoms with E-state index in [9.17, 15) is 27.9 Å². The average Bonchev–Trinajstić information content (AvgIpc) is 2.76. The van der Waals surface area contributed by atoms with Crippen molar-refractivity contribution in [3.63, 3.8) is 0 Å². The van der Waals surface area contributed by atoms with Crippen LogP contribution in [0.2, 0.25) is 5.02 Å². The lowest BCUT2D eigenvalue weighted by Crippen LogP contribution is -2.51. The van der Waals surface area contributed by atoms with Crippen LogP contribution in [0.3, 0.4) is 0 Å². The monoisotopic (exact) mass is 543 g/mol. The molecule has 0 radical (unpaired) electrons. The number of ether oxygens (including phenoxy) is 1. The molecule has 0 bridgehead atoms. The Morgan fingerprint density at radius 2 is 1.94 bits per heavy atom. The molecule has 1 aromatic rings. The van der Waals surface area contributed by atoms with E-state index in [2.05, 4.69) is 23.9 Å². The number of nitrogens with zero attached hydrogens (tertiary/aromatic N) is 1. The SMILES string of the molecule is CC(=O)OCCC1CCN(C(=O)[C@H](CC(=O)O)NS(=O)(=O)c2cc(Cl)cc3c2NCC(C)(C)C3)CC1. The Kier molecular flexibility index (Phi) is 8.89. The molecule has 12 heteroatoms. The van der Waals surface area contributed by atoms with E-state index in [1.807, 2.05) is 0 Å². The molecular formula is C24H34ClN3O7S. The van der Waals surface area contributed by atoms with Crippen molar-refractivity contribution in [2.45, 2.75) is 63.8 Å². The number of esters is 1. The average molecular weight is 544 g/mol. The van der Waals surface area contributed by atoms with Gasteiger partial charge in [0.25, 0.3) is 0 Å². The summed E-state index contributed by atoms with van der Waals surface area (Å²) in [6.07, 6.45) is 1.91. The number of hydrogen-bond donors (Lipinski definition) is 3. The summed E-state index contributed by atoms with van der Waals surface area (Å²) in [6.45, 7) is 7.05. The lowest BCUT2D eigenvalue weighted by molar-refractivity contribution is -0.143. The predicted octanol–water partition coefficient (Wildman–Crippen LogP) is 2.65. The second-order valence-electron chi connectivity index (χ2n) is 10.3. The lowest BCUT2D eigenvalue weighted by atomic mass is 9.82. The standard InChI is InChI=1S/C24H34ClN3O7S/c1-15(29)35-9-6-16-4-7-28(8-5-16)23(32)19(12-21(30)31)27-36(33,34)20-11-18(25)10-17-13-24(2,3)14-26-22(17)20/h10-11,16,19,26-27H,4-9,12-14H2,1-3H3,(H,30,31)/t19-/m0/s1. The molecule has 3 rings (SSSR count). The molecule has 0 saturated carbocycles. The molecule has 3 N–H and O–H groups in total. The molecule has 1 amide bonds. The Labute approximate surface area is 216 Å². The van der Waals surface area contributed by atoms with E-state index in [0.717, 1.165) is 5.56 Å². The van der Waals surface area contributed by atoms with E-state index in [0.29, 0.717) is 57.6 Å². The Hall–Kier alpha value is -2.37. The number of rotatable bonds is 9. The van der Waals surface area contributed by atoms with Gasteiger partial charge in [0.15, 0.2) is 0 Å². The first-order valence-electron chi connectivity index (χ1n) is 12.0. The number of benzene rings is 1. The molecular weight excluding hydrogens is 510 g/mol. The number of carboxylic acid groups (broad SMARTS) is 1. The zero-order valence-corrected chi connectivity index (χ0v) is 22.4. The Morgan fingerprint density at radius 1 is 1.28 bits per heavy atom. The molecule has 2 aliphatic heterocycles. The minimum absolute atomic E-state index is 0.0989. The third-order valence-corrected chi connectivity index (χ3v) is 8.30. The quantitative estimate of drug-likeness (QED) is 0.403. The normalized spacial score (nSPS) is 18.6. The molecule has 1 saturated heterocycles. The molecule has 1 aromatic carbocycles. The predicted molar refractivity (Wildman–Crippen MR) is 134 cm³/mol. The van der Waals surface area contributed by atoms with Crippen LogP contribution >= 0.6 is 11.6 Å². The van der Waals surface area contributed by atoms with Crippen molar-refractivity contribution in [1.82, 2.24) is 9.62 Å². The van der Waals surface area contributed by atoms with E-state index in [-0.39, 0.29) is 27.2 Å². The maximum absolute atomic E-state index is 13.4. The number of carbonyl (C=O) groups excluding carboxylic acids is 2. The van der Waals surface area contributed by atoms with Crippen LogP contribution in [0.4, 0.5) is 5.69 Å². The number of sulfonamides is 1. The number of nitrogens with one attached hydrogen (secondary N) is 2. The van der Waals surface area contributed by atoms with Crippen molar-refractivity contribution in [2.24, 2.45) is 11.3 Å². The van der Waals surface area contributed by atoms with Gasteiger partial charge in [0.1, 0.15) is 10.9 Å². The first kappa shape index (κ1) is 28.2. The fraction of sp³-hybridized carbons (Fsp3) is 0.625. The number of halogens is 1. The van der Waals surface area contributed by atoms with Crippen molar-refractivity contribution in [3.8, 4) is 0 Å². The molecule has 1 fully saturated rings. The van der Waals surface area contributed by atoms with Gasteiger partial charge in [-0.3, -0.25) is 14.4 Å². The zero-order chi connectivity index (χ0) is 26.7. The zero-order valence-electron chi connectivity index (χ0n) is 20.8. The van der Waals surface area contributed by atoms with E-state index < -0.39 is 34.4 Å². The van der Waals surface area contributed by atoms with E-state index in [4.69, 9.17) is 16.3 Å². The highest BCUT2D eigenvalue weighted by Crippen LogP contribution is 2.38. The van der Waals surface area contributed by atoms with Crippen LogP contribution in [0.15, 0.2) is 17.0 Å². The third-order valence-electron chi connectivity index (χ3n) is 6.58. The van der Waals surface area contributed by atoms with Crippen LogP contribution in [-0.4, -0.2) is 68.6 Å². The van der Waals surface area contributed by atoms with Gasteiger partial charge in [-0.15, -0.1) is 0 Å². The number of likely N-dealkylation sites (tertiary alicyclic amines) is 1. The van der Waals surface area contributed by atoms with Gasteiger partial charge in [-0.05, 0) is 54.7 Å². The molecule has 0 aromatic heterocycles. The summed E-state index contributed by atoms with van der Waals surface area (Å²) in [7, 11) is -4.28. The summed E-state index contributed by atoms with van der Waals surface area (Å²) in [6, 6.07) is 1.57. The summed E-state index contributed by atoms with van der Waals surface area (Å²) in [4.78, 5) is 37.1. The summed E-state index contributed by atoms with van der Waals surface area (Å²) >= 11 is 6.24. The number of fused-ring (bicyclic) bond motifs is 1. The minimum atomic E-state index is -4.28. The summed E-state index contributed by atoms with van der Waals surface area (Å²) in [5.41, 5.74) is 1.07. The second kappa shape index (κ2) is 11.4. The topological polar surface area (TPSA) is 142 Å². The van der Waals surface area contributed by atoms with Crippen molar-refractivity contribution in [3.05, 3.63) is 22.7 Å². The van der Waals surface area contributed by atoms with Crippen molar-refractivity contribution in [2.75, 3.05) is 31.6 Å². The van der Waals surface area contributed by atoms with Crippen LogP contribution in [0.5, 0.6) is 0 Å². The molecule has 1 atom stereocenters. The van der Waals surface area contributed by atoms with Crippen LogP contribution in [0, 0.1) is 11.3 Å². The molecule has 0 unspecified atom stereocenters. The Bertz CT molecular complexity index is 1110. The molecule has 10 nitrogen and oxygen atoms in total. The van der Waals surface area contributed by atoms with Gasteiger partial charge in [0.2, 0.25) is 15.9 Å². The number of anilines is 1. The number of piperidine rings is 1. The Balaban J connectivity index is 1.75. The van der Waals surface area contributed by atoms with Gasteiger partial charge in [-0.25, -0.2) is 8.42 Å². The largest absolute Gasteiger partial charge is 0.481 e.